The molecular weight excluding hydrogens is 482 g/mol. The molecule has 8 nitrogen and oxygen atoms in total. The first-order valence-electron chi connectivity index (χ1n) is 11.3. The van der Waals surface area contributed by atoms with Gasteiger partial charge in [-0.2, -0.15) is 10.1 Å². The number of nitrogens with zero attached hydrogens (tertiary/aromatic N) is 6. The van der Waals surface area contributed by atoms with Crippen LogP contribution in [0.3, 0.4) is 0 Å². The lowest BCUT2D eigenvalue weighted by atomic mass is 10.2. The van der Waals surface area contributed by atoms with E-state index in [4.69, 9.17) is 26.3 Å². The first-order valence-corrected chi connectivity index (χ1v) is 12.6. The maximum atomic E-state index is 6.21. The Morgan fingerprint density at radius 2 is 1.91 bits per heavy atom. The van der Waals surface area contributed by atoms with E-state index in [9.17, 15) is 0 Å². The lowest BCUT2D eigenvalue weighted by molar-refractivity contribution is 0.122. The average Bonchev–Trinajstić information content (AvgIpc) is 3.49. The summed E-state index contributed by atoms with van der Waals surface area (Å²) >= 11 is 7.86. The van der Waals surface area contributed by atoms with Crippen molar-refractivity contribution in [2.75, 3.05) is 36.6 Å². The van der Waals surface area contributed by atoms with Crippen LogP contribution in [0.15, 0.2) is 65.1 Å². The minimum atomic E-state index is 0.450. The zero-order valence-corrected chi connectivity index (χ0v) is 20.3. The van der Waals surface area contributed by atoms with Gasteiger partial charge in [-0.15, -0.1) is 11.3 Å². The number of benzene rings is 2. The van der Waals surface area contributed by atoms with Gasteiger partial charge in [0.1, 0.15) is 0 Å². The summed E-state index contributed by atoms with van der Waals surface area (Å²) in [7, 11) is 0. The van der Waals surface area contributed by atoms with Gasteiger partial charge in [-0.25, -0.2) is 15.4 Å². The highest BCUT2D eigenvalue weighted by atomic mass is 35.5. The number of imidazole rings is 1. The highest BCUT2D eigenvalue weighted by molar-refractivity contribution is 7.17. The molecule has 0 spiro atoms. The van der Waals surface area contributed by atoms with Crippen molar-refractivity contribution in [2.24, 2.45) is 5.10 Å². The molecule has 2 aromatic carbocycles. The molecule has 0 aliphatic carbocycles. The van der Waals surface area contributed by atoms with E-state index in [-0.39, 0.29) is 0 Å². The van der Waals surface area contributed by atoms with Crippen LogP contribution in [0, 0.1) is 0 Å². The zero-order chi connectivity index (χ0) is 23.6. The van der Waals surface area contributed by atoms with E-state index in [0.717, 1.165) is 51.5 Å². The van der Waals surface area contributed by atoms with Crippen LogP contribution in [-0.4, -0.2) is 52.0 Å². The molecule has 35 heavy (non-hydrogen) atoms. The van der Waals surface area contributed by atoms with Gasteiger partial charge in [-0.3, -0.25) is 0 Å². The molecule has 1 N–H and O–H groups in total. The lowest BCUT2D eigenvalue weighted by Crippen LogP contribution is -2.36. The molecule has 0 radical (unpaired) electrons. The van der Waals surface area contributed by atoms with Crippen LogP contribution in [0.1, 0.15) is 11.4 Å². The molecule has 1 fully saturated rings. The minimum absolute atomic E-state index is 0.450. The van der Waals surface area contributed by atoms with Crippen LogP contribution in [0.2, 0.25) is 5.02 Å². The summed E-state index contributed by atoms with van der Waals surface area (Å²) in [6.45, 7) is 3.63. The Morgan fingerprint density at radius 3 is 2.80 bits per heavy atom. The first-order chi connectivity index (χ1) is 17.2. The smallest absolute Gasteiger partial charge is 0.246 e. The van der Waals surface area contributed by atoms with E-state index in [1.54, 1.807) is 17.6 Å². The number of rotatable bonds is 6. The first kappa shape index (κ1) is 22.0. The van der Waals surface area contributed by atoms with Crippen LogP contribution in [0.4, 0.5) is 11.8 Å². The molecule has 0 bridgehead atoms. The molecule has 1 saturated heterocycles. The number of fused-ring (bicyclic) bond motifs is 2. The number of hydrogen-bond donors (Lipinski definition) is 1. The van der Waals surface area contributed by atoms with Gasteiger partial charge in [0.2, 0.25) is 5.95 Å². The maximum Gasteiger partial charge on any atom is 0.246 e. The molecule has 10 heteroatoms. The number of morpholine rings is 1. The van der Waals surface area contributed by atoms with E-state index in [1.807, 2.05) is 47.8 Å². The topological polar surface area (TPSA) is 80.5 Å². The van der Waals surface area contributed by atoms with Gasteiger partial charge >= 0.3 is 0 Å². The summed E-state index contributed by atoms with van der Waals surface area (Å²) in [5.74, 6) is 2.09. The molecule has 4 heterocycles. The van der Waals surface area contributed by atoms with E-state index < -0.39 is 0 Å². The number of anilines is 2. The standard InChI is InChI=1S/C25H22ClN7OS/c26-18-5-3-4-17(14-18)16-33-21-7-2-1-6-19(21)28-22(33)15-27-31-25-29-20-8-13-35-23(20)24(30-25)32-9-11-34-12-10-32/h1-8,13-15H,9-12,16H2,(H,29,30,31)/b27-15+. The number of ether oxygens (including phenoxy) is 1. The second-order valence-electron chi connectivity index (χ2n) is 8.15. The summed E-state index contributed by atoms with van der Waals surface area (Å²) in [5, 5.41) is 7.20. The number of para-hydroxylation sites is 2. The highest BCUT2D eigenvalue weighted by Crippen LogP contribution is 2.30. The van der Waals surface area contributed by atoms with Crippen molar-refractivity contribution in [2.45, 2.75) is 6.54 Å². The molecule has 176 valence electrons. The Bertz CT molecular complexity index is 1520. The molecule has 0 atom stereocenters. The van der Waals surface area contributed by atoms with Gasteiger partial charge in [0.05, 0.1) is 40.7 Å². The normalized spacial score (nSPS) is 14.4. The second-order valence-corrected chi connectivity index (χ2v) is 9.50. The van der Waals surface area contributed by atoms with Gasteiger partial charge in [-0.1, -0.05) is 35.9 Å². The maximum absolute atomic E-state index is 6.21. The van der Waals surface area contributed by atoms with Gasteiger partial charge in [-0.05, 0) is 41.3 Å². The summed E-state index contributed by atoms with van der Waals surface area (Å²) in [4.78, 5) is 16.4. The van der Waals surface area contributed by atoms with E-state index in [2.05, 4.69) is 37.1 Å². The van der Waals surface area contributed by atoms with Gasteiger partial charge in [0, 0.05) is 24.7 Å². The second kappa shape index (κ2) is 9.61. The fraction of sp³-hybridized carbons (Fsp3) is 0.200. The van der Waals surface area contributed by atoms with Crippen molar-refractivity contribution >= 4 is 62.2 Å². The van der Waals surface area contributed by atoms with Crippen LogP contribution >= 0.6 is 22.9 Å². The Labute approximate surface area is 210 Å². The van der Waals surface area contributed by atoms with Crippen molar-refractivity contribution in [3.8, 4) is 0 Å². The van der Waals surface area contributed by atoms with E-state index in [1.165, 1.54) is 0 Å². The third kappa shape index (κ3) is 4.58. The number of hydrazone groups is 1. The lowest BCUT2D eigenvalue weighted by Gasteiger charge is -2.28. The molecule has 1 aliphatic heterocycles. The number of halogens is 1. The van der Waals surface area contributed by atoms with Crippen LogP contribution in [0.5, 0.6) is 0 Å². The Balaban J connectivity index is 1.30. The molecule has 0 saturated carbocycles. The largest absolute Gasteiger partial charge is 0.378 e. The van der Waals surface area contributed by atoms with Gasteiger partial charge in [0.15, 0.2) is 11.6 Å². The summed E-state index contributed by atoms with van der Waals surface area (Å²) in [5.41, 5.74) is 6.94. The zero-order valence-electron chi connectivity index (χ0n) is 18.8. The number of thiophene rings is 1. The Hall–Kier alpha value is -3.53. The molecule has 0 unspecified atom stereocenters. The van der Waals surface area contributed by atoms with Crippen LogP contribution in [-0.2, 0) is 11.3 Å². The molecule has 0 amide bonds. The highest BCUT2D eigenvalue weighted by Gasteiger charge is 2.18. The third-order valence-electron chi connectivity index (χ3n) is 5.85. The number of hydrogen-bond acceptors (Lipinski definition) is 8. The number of aromatic nitrogens is 4. The third-order valence-corrected chi connectivity index (χ3v) is 6.99. The Kier molecular flexibility index (Phi) is 6.03. The van der Waals surface area contributed by atoms with Crippen LogP contribution in [0.25, 0.3) is 21.3 Å². The molecule has 6 rings (SSSR count). The molecule has 5 aromatic rings. The van der Waals surface area contributed by atoms with Crippen molar-refractivity contribution in [3.05, 3.63) is 76.4 Å². The summed E-state index contributed by atoms with van der Waals surface area (Å²) in [6.07, 6.45) is 1.71. The predicted octanol–water partition coefficient (Wildman–Crippen LogP) is 5.03. The van der Waals surface area contributed by atoms with Crippen molar-refractivity contribution in [1.82, 2.24) is 19.5 Å². The summed E-state index contributed by atoms with van der Waals surface area (Å²) in [6, 6.07) is 17.9. The number of nitrogens with one attached hydrogen (secondary N) is 1. The van der Waals surface area contributed by atoms with Crippen molar-refractivity contribution in [3.63, 3.8) is 0 Å². The summed E-state index contributed by atoms with van der Waals surface area (Å²) < 4.78 is 8.70. The molecule has 3 aromatic heterocycles. The minimum Gasteiger partial charge on any atom is -0.378 e. The van der Waals surface area contributed by atoms with Gasteiger partial charge in [0.25, 0.3) is 0 Å². The van der Waals surface area contributed by atoms with Crippen LogP contribution < -0.4 is 10.3 Å². The average molecular weight is 504 g/mol. The van der Waals surface area contributed by atoms with Gasteiger partial charge < -0.3 is 14.2 Å². The van der Waals surface area contributed by atoms with Crippen molar-refractivity contribution in [1.29, 1.82) is 0 Å². The monoisotopic (exact) mass is 503 g/mol. The fourth-order valence-electron chi connectivity index (χ4n) is 4.21. The SMILES string of the molecule is Clc1cccc(Cn2c(/C=N/Nc3nc(N4CCOCC4)c4sccc4n3)nc3ccccc32)c1. The quantitative estimate of drug-likeness (QED) is 0.259. The van der Waals surface area contributed by atoms with E-state index in [0.29, 0.717) is 30.7 Å². The molecule has 1 aliphatic rings. The fourth-order valence-corrected chi connectivity index (χ4v) is 5.27. The van der Waals surface area contributed by atoms with Crippen molar-refractivity contribution < 1.29 is 4.74 Å². The predicted molar refractivity (Wildman–Crippen MR) is 142 cm³/mol. The Morgan fingerprint density at radius 1 is 1.03 bits per heavy atom. The van der Waals surface area contributed by atoms with E-state index >= 15 is 0 Å². The molecular formula is C25H22ClN7OS.